The Balaban J connectivity index is 1.47. The van der Waals surface area contributed by atoms with Gasteiger partial charge in [0.15, 0.2) is 5.82 Å². The van der Waals surface area contributed by atoms with Gasteiger partial charge in [0.05, 0.1) is 4.88 Å². The molecule has 3 heterocycles. The van der Waals surface area contributed by atoms with Crippen molar-refractivity contribution >= 4 is 52.6 Å². The molecule has 0 unspecified atom stereocenters. The molecule has 2 amide bonds. The fraction of sp³-hybridized carbons (Fsp3) is 0.258. The minimum atomic E-state index is -1.16. The van der Waals surface area contributed by atoms with Crippen LogP contribution in [0.15, 0.2) is 65.6 Å². The second-order valence-corrected chi connectivity index (χ2v) is 12.5. The van der Waals surface area contributed by atoms with E-state index >= 15 is 0 Å². The third kappa shape index (κ3) is 8.18. The number of carbonyl (C=O) groups excluding carboxylic acids is 2. The lowest BCUT2D eigenvalue weighted by Crippen LogP contribution is -2.51. The standard InChI is InChI=1S/C31H32N4O4S2/c1-19(30(38)39)34-28(36)24(35-29(37)25-11-12-26(41-25)31(2,3)4)15-20-7-9-23(10-8-20)27-32-16-22(17-33-27)6-5-21-13-14-40-18-21/h5-14,16-19,24H,15H2,1-4H3,(H,34,36)(H,35,37)(H,38,39)/b6-5+/t19-,24+/m1/s1. The summed E-state index contributed by atoms with van der Waals surface area (Å²) in [4.78, 5) is 47.9. The van der Waals surface area contributed by atoms with Gasteiger partial charge in [0.2, 0.25) is 5.91 Å². The average Bonchev–Trinajstić information content (AvgIpc) is 3.65. The monoisotopic (exact) mass is 588 g/mol. The second-order valence-electron chi connectivity index (χ2n) is 10.6. The minimum Gasteiger partial charge on any atom is -0.480 e. The molecule has 3 N–H and O–H groups in total. The van der Waals surface area contributed by atoms with E-state index < -0.39 is 24.0 Å². The van der Waals surface area contributed by atoms with Crippen molar-refractivity contribution < 1.29 is 19.5 Å². The first-order valence-corrected chi connectivity index (χ1v) is 14.8. The van der Waals surface area contributed by atoms with Crippen molar-refractivity contribution in [2.45, 2.75) is 51.6 Å². The average molecular weight is 589 g/mol. The molecule has 0 radical (unpaired) electrons. The molecule has 0 aliphatic rings. The van der Waals surface area contributed by atoms with Crippen LogP contribution in [0.1, 0.15) is 58.9 Å². The lowest BCUT2D eigenvalue weighted by atomic mass is 9.95. The van der Waals surface area contributed by atoms with Crippen molar-refractivity contribution in [2.75, 3.05) is 0 Å². The third-order valence-corrected chi connectivity index (χ3v) is 8.47. The van der Waals surface area contributed by atoms with Gasteiger partial charge in [-0.3, -0.25) is 14.4 Å². The Kier molecular flexibility index (Phi) is 9.46. The van der Waals surface area contributed by atoms with Crippen LogP contribution in [0, 0.1) is 0 Å². The number of aromatic nitrogens is 2. The number of carbonyl (C=O) groups is 3. The molecule has 1 aromatic carbocycles. The van der Waals surface area contributed by atoms with Crippen LogP contribution in [0.3, 0.4) is 0 Å². The first-order valence-electron chi connectivity index (χ1n) is 13.1. The molecule has 0 saturated carbocycles. The van der Waals surface area contributed by atoms with Gasteiger partial charge in [-0.1, -0.05) is 57.2 Å². The first kappa shape index (κ1) is 29.8. The Morgan fingerprint density at radius 1 is 0.951 bits per heavy atom. The van der Waals surface area contributed by atoms with Crippen LogP contribution in [0.25, 0.3) is 23.5 Å². The van der Waals surface area contributed by atoms with Crippen LogP contribution < -0.4 is 10.6 Å². The number of rotatable bonds is 10. The number of thiophene rings is 2. The van der Waals surface area contributed by atoms with E-state index in [1.165, 1.54) is 18.3 Å². The van der Waals surface area contributed by atoms with E-state index in [2.05, 4.69) is 46.8 Å². The number of amides is 2. The molecule has 41 heavy (non-hydrogen) atoms. The summed E-state index contributed by atoms with van der Waals surface area (Å²) in [7, 11) is 0. The highest BCUT2D eigenvalue weighted by Crippen LogP contribution is 2.29. The van der Waals surface area contributed by atoms with Gasteiger partial charge in [-0.05, 0) is 52.4 Å². The summed E-state index contributed by atoms with van der Waals surface area (Å²) >= 11 is 3.01. The van der Waals surface area contributed by atoms with Crippen molar-refractivity contribution in [3.63, 3.8) is 0 Å². The molecule has 10 heteroatoms. The van der Waals surface area contributed by atoms with Gasteiger partial charge in [-0.15, -0.1) is 11.3 Å². The first-order chi connectivity index (χ1) is 19.5. The number of carboxylic acid groups (broad SMARTS) is 1. The van der Waals surface area contributed by atoms with Gasteiger partial charge >= 0.3 is 5.97 Å². The van der Waals surface area contributed by atoms with E-state index in [-0.39, 0.29) is 17.7 Å². The topological polar surface area (TPSA) is 121 Å². The molecule has 0 spiro atoms. The maximum Gasteiger partial charge on any atom is 0.325 e. The number of carboxylic acids is 1. The Hall–Kier alpha value is -4.15. The summed E-state index contributed by atoms with van der Waals surface area (Å²) < 4.78 is 0. The number of nitrogens with zero attached hydrogens (tertiary/aromatic N) is 2. The van der Waals surface area contributed by atoms with Crippen LogP contribution in [0.4, 0.5) is 0 Å². The Labute approximate surface area is 247 Å². The lowest BCUT2D eigenvalue weighted by molar-refractivity contribution is -0.141. The fourth-order valence-electron chi connectivity index (χ4n) is 3.84. The summed E-state index contributed by atoms with van der Waals surface area (Å²) in [6, 6.07) is 11.0. The van der Waals surface area contributed by atoms with Gasteiger partial charge < -0.3 is 15.7 Å². The number of aliphatic carboxylic acids is 1. The molecule has 0 bridgehead atoms. The van der Waals surface area contributed by atoms with E-state index in [1.807, 2.05) is 53.9 Å². The van der Waals surface area contributed by atoms with Crippen molar-refractivity contribution in [3.05, 3.63) is 92.1 Å². The summed E-state index contributed by atoms with van der Waals surface area (Å²) in [5.74, 6) is -1.55. The number of hydrogen-bond acceptors (Lipinski definition) is 7. The van der Waals surface area contributed by atoms with Gasteiger partial charge in [0, 0.05) is 34.8 Å². The van der Waals surface area contributed by atoms with Gasteiger partial charge in [0.25, 0.3) is 5.91 Å². The highest BCUT2D eigenvalue weighted by Gasteiger charge is 2.26. The van der Waals surface area contributed by atoms with Crippen LogP contribution in [-0.4, -0.2) is 44.9 Å². The van der Waals surface area contributed by atoms with E-state index in [4.69, 9.17) is 0 Å². The highest BCUT2D eigenvalue weighted by molar-refractivity contribution is 7.14. The van der Waals surface area contributed by atoms with Crippen molar-refractivity contribution in [2.24, 2.45) is 0 Å². The molecule has 4 rings (SSSR count). The normalized spacial score (nSPS) is 13.1. The van der Waals surface area contributed by atoms with Gasteiger partial charge in [-0.2, -0.15) is 11.3 Å². The molecule has 3 aromatic heterocycles. The second kappa shape index (κ2) is 13.0. The molecule has 212 valence electrons. The largest absolute Gasteiger partial charge is 0.480 e. The Bertz CT molecular complexity index is 1520. The fourth-order valence-corrected chi connectivity index (χ4v) is 5.43. The zero-order valence-corrected chi connectivity index (χ0v) is 24.9. The molecule has 0 aliphatic heterocycles. The molecule has 4 aromatic rings. The van der Waals surface area contributed by atoms with Crippen LogP contribution >= 0.6 is 22.7 Å². The van der Waals surface area contributed by atoms with Crippen LogP contribution in [-0.2, 0) is 21.4 Å². The molecule has 0 saturated heterocycles. The van der Waals surface area contributed by atoms with E-state index in [0.717, 1.165) is 27.1 Å². The molecule has 0 fully saturated rings. The maximum atomic E-state index is 13.1. The SMILES string of the molecule is C[C@@H](NC(=O)[C@H](Cc1ccc(-c2ncc(/C=C/c3ccsc3)cn2)cc1)NC(=O)c1ccc(C(C)(C)C)s1)C(=O)O. The van der Waals surface area contributed by atoms with E-state index in [1.54, 1.807) is 29.8 Å². The predicted octanol–water partition coefficient (Wildman–Crippen LogP) is 5.66. The Morgan fingerprint density at radius 3 is 2.22 bits per heavy atom. The van der Waals surface area contributed by atoms with E-state index in [0.29, 0.717) is 10.7 Å². The van der Waals surface area contributed by atoms with Crippen LogP contribution in [0.2, 0.25) is 0 Å². The smallest absolute Gasteiger partial charge is 0.325 e. The summed E-state index contributed by atoms with van der Waals surface area (Å²) in [6.45, 7) is 7.58. The maximum absolute atomic E-state index is 13.1. The molecule has 2 atom stereocenters. The molecular weight excluding hydrogens is 556 g/mol. The zero-order chi connectivity index (χ0) is 29.6. The third-order valence-electron chi connectivity index (χ3n) is 6.26. The molecule has 0 aliphatic carbocycles. The number of hydrogen-bond donors (Lipinski definition) is 3. The van der Waals surface area contributed by atoms with Crippen LogP contribution in [0.5, 0.6) is 0 Å². The van der Waals surface area contributed by atoms with Gasteiger partial charge in [-0.25, -0.2) is 9.97 Å². The predicted molar refractivity (Wildman–Crippen MR) is 164 cm³/mol. The summed E-state index contributed by atoms with van der Waals surface area (Å²) in [5, 5.41) is 18.6. The number of benzene rings is 1. The minimum absolute atomic E-state index is 0.108. The highest BCUT2D eigenvalue weighted by atomic mass is 32.1. The van der Waals surface area contributed by atoms with Gasteiger partial charge in [0.1, 0.15) is 12.1 Å². The summed E-state index contributed by atoms with van der Waals surface area (Å²) in [5.41, 5.74) is 3.50. The lowest BCUT2D eigenvalue weighted by Gasteiger charge is -2.20. The zero-order valence-electron chi connectivity index (χ0n) is 23.3. The number of nitrogens with one attached hydrogen (secondary N) is 2. The van der Waals surface area contributed by atoms with E-state index in [9.17, 15) is 19.5 Å². The van der Waals surface area contributed by atoms with Crippen molar-refractivity contribution in [1.82, 2.24) is 20.6 Å². The summed E-state index contributed by atoms with van der Waals surface area (Å²) in [6.07, 6.45) is 7.66. The van der Waals surface area contributed by atoms with Crippen molar-refractivity contribution in [1.29, 1.82) is 0 Å². The molecule has 8 nitrogen and oxygen atoms in total. The Morgan fingerprint density at radius 2 is 1.63 bits per heavy atom. The molecular formula is C31H32N4O4S2. The quantitative estimate of drug-likeness (QED) is 0.220. The van der Waals surface area contributed by atoms with Crippen molar-refractivity contribution in [3.8, 4) is 11.4 Å².